The Bertz CT molecular complexity index is 896. The molecule has 2 aliphatic rings. The molecule has 28 heavy (non-hydrogen) atoms. The van der Waals surface area contributed by atoms with Crippen molar-refractivity contribution in [1.29, 1.82) is 0 Å². The molecule has 1 fully saturated rings. The summed E-state index contributed by atoms with van der Waals surface area (Å²) in [4.78, 5) is 13.4. The average Bonchev–Trinajstić information content (AvgIpc) is 3.07. The molecule has 1 saturated heterocycles. The van der Waals surface area contributed by atoms with E-state index in [9.17, 15) is 4.79 Å². The van der Waals surface area contributed by atoms with E-state index in [4.69, 9.17) is 9.47 Å². The van der Waals surface area contributed by atoms with Crippen LogP contribution in [0, 0.1) is 5.92 Å². The SMILES string of the molecule is COc1cc2c(cc1OC)C(=O)C(=C(Cc1ccccc1)C1CCNCC1)C2. The largest absolute Gasteiger partial charge is 0.493 e. The molecule has 0 amide bonds. The molecule has 2 aromatic carbocycles. The summed E-state index contributed by atoms with van der Waals surface area (Å²) in [6.07, 6.45) is 3.69. The molecular weight excluding hydrogens is 350 g/mol. The highest BCUT2D eigenvalue weighted by atomic mass is 16.5. The van der Waals surface area contributed by atoms with Crippen LogP contribution in [0.2, 0.25) is 0 Å². The summed E-state index contributed by atoms with van der Waals surface area (Å²) in [6, 6.07) is 14.3. The zero-order chi connectivity index (χ0) is 19.5. The number of rotatable bonds is 5. The normalized spacial score (nSPS) is 18.7. The van der Waals surface area contributed by atoms with Crippen LogP contribution in [0.4, 0.5) is 0 Å². The van der Waals surface area contributed by atoms with Crippen molar-refractivity contribution in [1.82, 2.24) is 5.32 Å². The maximum atomic E-state index is 13.4. The fourth-order valence-electron chi connectivity index (χ4n) is 4.45. The predicted octanol–water partition coefficient (Wildman–Crippen LogP) is 3.98. The van der Waals surface area contributed by atoms with Gasteiger partial charge in [0.2, 0.25) is 0 Å². The highest BCUT2D eigenvalue weighted by molar-refractivity contribution is 6.14. The second kappa shape index (κ2) is 8.19. The molecule has 4 heteroatoms. The molecule has 4 rings (SSSR count). The number of carbonyl (C=O) groups excluding carboxylic acids is 1. The minimum absolute atomic E-state index is 0.153. The summed E-state index contributed by atoms with van der Waals surface area (Å²) in [7, 11) is 3.24. The van der Waals surface area contributed by atoms with Crippen LogP contribution in [0.25, 0.3) is 0 Å². The zero-order valence-electron chi connectivity index (χ0n) is 16.6. The van der Waals surface area contributed by atoms with Crippen LogP contribution in [-0.2, 0) is 12.8 Å². The van der Waals surface area contributed by atoms with Gasteiger partial charge in [0.05, 0.1) is 14.2 Å². The van der Waals surface area contributed by atoms with E-state index in [0.717, 1.165) is 49.1 Å². The number of benzene rings is 2. The van der Waals surface area contributed by atoms with Gasteiger partial charge < -0.3 is 14.8 Å². The quantitative estimate of drug-likeness (QED) is 0.801. The molecule has 146 valence electrons. The Balaban J connectivity index is 1.76. The van der Waals surface area contributed by atoms with Crippen molar-refractivity contribution in [3.63, 3.8) is 0 Å². The minimum Gasteiger partial charge on any atom is -0.493 e. The fraction of sp³-hybridized carbons (Fsp3) is 0.375. The number of hydrogen-bond acceptors (Lipinski definition) is 4. The molecule has 0 atom stereocenters. The Kier molecular flexibility index (Phi) is 5.49. The fourth-order valence-corrected chi connectivity index (χ4v) is 4.45. The van der Waals surface area contributed by atoms with Gasteiger partial charge in [0.25, 0.3) is 0 Å². The maximum absolute atomic E-state index is 13.4. The smallest absolute Gasteiger partial charge is 0.189 e. The number of hydrogen-bond donors (Lipinski definition) is 1. The van der Waals surface area contributed by atoms with Gasteiger partial charge in [-0.15, -0.1) is 0 Å². The van der Waals surface area contributed by atoms with Crippen molar-refractivity contribution >= 4 is 5.78 Å². The van der Waals surface area contributed by atoms with Crippen molar-refractivity contribution in [3.05, 3.63) is 70.3 Å². The average molecular weight is 377 g/mol. The van der Waals surface area contributed by atoms with Crippen LogP contribution in [0.1, 0.15) is 34.3 Å². The predicted molar refractivity (Wildman–Crippen MR) is 110 cm³/mol. The molecule has 0 saturated carbocycles. The maximum Gasteiger partial charge on any atom is 0.189 e. The second-order valence-corrected chi connectivity index (χ2v) is 7.56. The van der Waals surface area contributed by atoms with Crippen LogP contribution in [-0.4, -0.2) is 33.1 Å². The first-order chi connectivity index (χ1) is 13.7. The van der Waals surface area contributed by atoms with E-state index < -0.39 is 0 Å². The van der Waals surface area contributed by atoms with Gasteiger partial charge in [-0.1, -0.05) is 35.9 Å². The summed E-state index contributed by atoms with van der Waals surface area (Å²) >= 11 is 0. The van der Waals surface area contributed by atoms with Crippen LogP contribution in [0.3, 0.4) is 0 Å². The molecule has 0 bridgehead atoms. The van der Waals surface area contributed by atoms with Gasteiger partial charge in [0, 0.05) is 17.6 Å². The summed E-state index contributed by atoms with van der Waals surface area (Å²) in [5.74, 6) is 1.91. The first-order valence-corrected chi connectivity index (χ1v) is 9.97. The van der Waals surface area contributed by atoms with Crippen molar-refractivity contribution in [2.45, 2.75) is 25.7 Å². The Labute approximate surface area is 166 Å². The first-order valence-electron chi connectivity index (χ1n) is 9.97. The van der Waals surface area contributed by atoms with Gasteiger partial charge in [-0.05, 0) is 61.5 Å². The van der Waals surface area contributed by atoms with Gasteiger partial charge in [0.15, 0.2) is 17.3 Å². The van der Waals surface area contributed by atoms with E-state index in [0.29, 0.717) is 23.8 Å². The van der Waals surface area contributed by atoms with E-state index in [1.165, 1.54) is 11.1 Å². The third-order valence-corrected chi connectivity index (χ3v) is 5.95. The number of fused-ring (bicyclic) bond motifs is 1. The standard InChI is InChI=1S/C24H27NO3/c1-27-22-14-18-13-21(24(26)20(18)15-23(22)28-2)19(17-8-10-25-11-9-17)12-16-6-4-3-5-7-16/h3-7,14-15,17,25H,8-13H2,1-2H3. The summed E-state index contributed by atoms with van der Waals surface area (Å²) in [6.45, 7) is 2.03. The van der Waals surface area contributed by atoms with E-state index in [1.807, 2.05) is 18.2 Å². The third-order valence-electron chi connectivity index (χ3n) is 5.95. The van der Waals surface area contributed by atoms with E-state index in [1.54, 1.807) is 14.2 Å². The third kappa shape index (κ3) is 3.57. The molecule has 0 aromatic heterocycles. The molecule has 1 heterocycles. The molecule has 0 radical (unpaired) electrons. The lowest BCUT2D eigenvalue weighted by Crippen LogP contribution is -2.30. The molecule has 2 aromatic rings. The number of ketones is 1. The lowest BCUT2D eigenvalue weighted by atomic mass is 9.82. The Morgan fingerprint density at radius 3 is 2.39 bits per heavy atom. The number of ether oxygens (including phenoxy) is 2. The van der Waals surface area contributed by atoms with Crippen LogP contribution in [0.5, 0.6) is 11.5 Å². The highest BCUT2D eigenvalue weighted by Gasteiger charge is 2.32. The Hall–Kier alpha value is -2.59. The lowest BCUT2D eigenvalue weighted by molar-refractivity contribution is 0.103. The molecule has 1 aliphatic heterocycles. The number of allylic oxidation sites excluding steroid dienone is 2. The lowest BCUT2D eigenvalue weighted by Gasteiger charge is -2.27. The van der Waals surface area contributed by atoms with Crippen molar-refractivity contribution in [2.75, 3.05) is 27.3 Å². The van der Waals surface area contributed by atoms with Crippen LogP contribution >= 0.6 is 0 Å². The molecule has 1 aliphatic carbocycles. The topological polar surface area (TPSA) is 47.6 Å². The van der Waals surface area contributed by atoms with E-state index in [-0.39, 0.29) is 5.78 Å². The zero-order valence-corrected chi connectivity index (χ0v) is 16.6. The second-order valence-electron chi connectivity index (χ2n) is 7.56. The summed E-state index contributed by atoms with van der Waals surface area (Å²) in [5.41, 5.74) is 5.35. The monoisotopic (exact) mass is 377 g/mol. The van der Waals surface area contributed by atoms with Crippen molar-refractivity contribution in [3.8, 4) is 11.5 Å². The number of Topliss-reactive ketones (excluding diaryl/α,β-unsaturated/α-hetero) is 1. The van der Waals surface area contributed by atoms with E-state index in [2.05, 4.69) is 29.6 Å². The van der Waals surface area contributed by atoms with Crippen LogP contribution in [0.15, 0.2) is 53.6 Å². The number of methoxy groups -OCH3 is 2. The summed E-state index contributed by atoms with van der Waals surface area (Å²) < 4.78 is 10.9. The van der Waals surface area contributed by atoms with Crippen molar-refractivity contribution in [2.24, 2.45) is 5.92 Å². The summed E-state index contributed by atoms with van der Waals surface area (Å²) in [5, 5.41) is 3.44. The molecule has 0 spiro atoms. The van der Waals surface area contributed by atoms with Gasteiger partial charge in [-0.3, -0.25) is 4.79 Å². The number of piperidine rings is 1. The van der Waals surface area contributed by atoms with E-state index >= 15 is 0 Å². The van der Waals surface area contributed by atoms with Gasteiger partial charge in [-0.25, -0.2) is 0 Å². The molecular formula is C24H27NO3. The number of nitrogens with one attached hydrogen (secondary N) is 1. The highest BCUT2D eigenvalue weighted by Crippen LogP contribution is 2.40. The molecule has 4 nitrogen and oxygen atoms in total. The Morgan fingerprint density at radius 1 is 1.04 bits per heavy atom. The van der Waals surface area contributed by atoms with Crippen LogP contribution < -0.4 is 14.8 Å². The van der Waals surface area contributed by atoms with Gasteiger partial charge in [0.1, 0.15) is 0 Å². The minimum atomic E-state index is 0.153. The van der Waals surface area contributed by atoms with Gasteiger partial charge >= 0.3 is 0 Å². The molecule has 0 unspecified atom stereocenters. The Morgan fingerprint density at radius 2 is 1.71 bits per heavy atom. The first kappa shape index (κ1) is 18.8. The van der Waals surface area contributed by atoms with Gasteiger partial charge in [-0.2, -0.15) is 0 Å². The molecule has 1 N–H and O–H groups in total. The number of carbonyl (C=O) groups is 1. The van der Waals surface area contributed by atoms with Crippen molar-refractivity contribution < 1.29 is 14.3 Å².